The zero-order valence-corrected chi connectivity index (χ0v) is 15.8. The van der Waals surface area contributed by atoms with Crippen molar-refractivity contribution >= 4 is 21.8 Å². The molecule has 25 heavy (non-hydrogen) atoms. The first-order valence-corrected chi connectivity index (χ1v) is 9.65. The minimum Gasteiger partial charge on any atom is -0.350 e. The maximum Gasteiger partial charge on any atom is 0.254 e. The summed E-state index contributed by atoms with van der Waals surface area (Å²) in [6.45, 7) is 5.46. The molecule has 0 aliphatic heterocycles. The average Bonchev–Trinajstić information content (AvgIpc) is 3.27. The number of nitrogens with one attached hydrogen (secondary N) is 2. The Morgan fingerprint density at radius 1 is 1.24 bits per heavy atom. The molecule has 0 heterocycles. The van der Waals surface area contributed by atoms with Gasteiger partial charge in [-0.25, -0.2) is 13.1 Å². The van der Waals surface area contributed by atoms with Gasteiger partial charge in [0.15, 0.2) is 0 Å². The van der Waals surface area contributed by atoms with Crippen molar-refractivity contribution in [1.29, 1.82) is 0 Å². The Morgan fingerprint density at radius 2 is 1.88 bits per heavy atom. The van der Waals surface area contributed by atoms with Gasteiger partial charge in [-0.2, -0.15) is 0 Å². The van der Waals surface area contributed by atoms with E-state index in [4.69, 9.17) is 0 Å². The van der Waals surface area contributed by atoms with Crippen molar-refractivity contribution in [2.75, 3.05) is 13.6 Å². The zero-order chi connectivity index (χ0) is 18.8. The summed E-state index contributed by atoms with van der Waals surface area (Å²) in [6.07, 6.45) is 1.67. The number of carbonyl (C=O) groups is 2. The van der Waals surface area contributed by atoms with E-state index in [-0.39, 0.29) is 34.5 Å². The molecule has 0 spiro atoms. The zero-order valence-electron chi connectivity index (χ0n) is 15.0. The summed E-state index contributed by atoms with van der Waals surface area (Å²) in [7, 11) is -2.12. The van der Waals surface area contributed by atoms with Crippen molar-refractivity contribution < 1.29 is 18.0 Å². The highest BCUT2D eigenvalue weighted by molar-refractivity contribution is 7.89. The minimum atomic E-state index is -3.63. The van der Waals surface area contributed by atoms with Crippen molar-refractivity contribution in [2.45, 2.75) is 50.1 Å². The van der Waals surface area contributed by atoms with Gasteiger partial charge in [0.05, 0.1) is 11.4 Å². The van der Waals surface area contributed by atoms with Crippen molar-refractivity contribution in [1.82, 2.24) is 14.9 Å². The third kappa shape index (κ3) is 5.82. The number of amides is 2. The Kier molecular flexibility index (Phi) is 5.53. The van der Waals surface area contributed by atoms with E-state index in [0.29, 0.717) is 0 Å². The van der Waals surface area contributed by atoms with Crippen LogP contribution in [0.3, 0.4) is 0 Å². The van der Waals surface area contributed by atoms with Crippen LogP contribution in [0.15, 0.2) is 29.2 Å². The summed E-state index contributed by atoms with van der Waals surface area (Å²) >= 11 is 0. The molecule has 1 aromatic rings. The molecule has 0 atom stereocenters. The van der Waals surface area contributed by atoms with Gasteiger partial charge >= 0.3 is 0 Å². The fourth-order valence-corrected chi connectivity index (χ4v) is 3.60. The Labute approximate surface area is 148 Å². The van der Waals surface area contributed by atoms with E-state index in [1.165, 1.54) is 36.2 Å². The molecule has 0 saturated heterocycles. The fourth-order valence-electron chi connectivity index (χ4n) is 2.25. The molecule has 1 aliphatic rings. The Balaban J connectivity index is 2.08. The van der Waals surface area contributed by atoms with Crippen molar-refractivity contribution in [3.05, 3.63) is 29.8 Å². The second-order valence-electron chi connectivity index (χ2n) is 7.38. The number of likely N-dealkylation sites (N-methyl/N-ethyl adjacent to an activating group) is 1. The largest absolute Gasteiger partial charge is 0.350 e. The molecule has 0 radical (unpaired) electrons. The van der Waals surface area contributed by atoms with E-state index < -0.39 is 15.9 Å². The second kappa shape index (κ2) is 7.13. The molecular formula is C17H25N3O4S. The van der Waals surface area contributed by atoms with E-state index in [0.717, 1.165) is 12.8 Å². The first-order valence-electron chi connectivity index (χ1n) is 8.17. The number of carbonyl (C=O) groups excluding carboxylic acids is 2. The second-order valence-corrected chi connectivity index (χ2v) is 9.10. The van der Waals surface area contributed by atoms with Crippen LogP contribution < -0.4 is 10.0 Å². The van der Waals surface area contributed by atoms with Crippen molar-refractivity contribution in [3.63, 3.8) is 0 Å². The molecule has 0 unspecified atom stereocenters. The molecule has 2 N–H and O–H groups in total. The lowest BCUT2D eigenvalue weighted by atomic mass is 10.1. The summed E-state index contributed by atoms with van der Waals surface area (Å²) in [5.74, 6) is -0.685. The quantitative estimate of drug-likeness (QED) is 0.787. The van der Waals surface area contributed by atoms with Crippen LogP contribution in [0.2, 0.25) is 0 Å². The average molecular weight is 367 g/mol. The number of sulfonamides is 1. The smallest absolute Gasteiger partial charge is 0.254 e. The number of nitrogens with zero attached hydrogens (tertiary/aromatic N) is 1. The molecule has 1 fully saturated rings. The normalized spacial score (nSPS) is 14.9. The molecule has 1 aromatic carbocycles. The van der Waals surface area contributed by atoms with Crippen LogP contribution in [0.25, 0.3) is 0 Å². The number of hydrogen-bond acceptors (Lipinski definition) is 4. The summed E-state index contributed by atoms with van der Waals surface area (Å²) < 4.78 is 27.1. The summed E-state index contributed by atoms with van der Waals surface area (Å²) in [5, 5.41) is 2.78. The van der Waals surface area contributed by atoms with E-state index in [2.05, 4.69) is 10.0 Å². The first-order chi connectivity index (χ1) is 11.5. The number of benzene rings is 1. The molecule has 138 valence electrons. The Morgan fingerprint density at radius 3 is 2.44 bits per heavy atom. The summed E-state index contributed by atoms with van der Waals surface area (Å²) in [5.41, 5.74) is -0.159. The summed E-state index contributed by atoms with van der Waals surface area (Å²) in [4.78, 5) is 25.8. The van der Waals surface area contributed by atoms with Crippen LogP contribution in [0.5, 0.6) is 0 Å². The molecule has 0 aromatic heterocycles. The number of hydrogen-bond donors (Lipinski definition) is 2. The van der Waals surface area contributed by atoms with Crippen molar-refractivity contribution in [2.24, 2.45) is 0 Å². The van der Waals surface area contributed by atoms with Gasteiger partial charge in [-0.1, -0.05) is 6.07 Å². The van der Waals surface area contributed by atoms with Crippen LogP contribution in [-0.4, -0.2) is 50.3 Å². The predicted molar refractivity (Wildman–Crippen MR) is 94.6 cm³/mol. The molecule has 7 nitrogen and oxygen atoms in total. The predicted octanol–water partition coefficient (Wildman–Crippen LogP) is 1.11. The van der Waals surface area contributed by atoms with E-state index in [1.807, 2.05) is 20.8 Å². The van der Waals surface area contributed by atoms with E-state index >= 15 is 0 Å². The van der Waals surface area contributed by atoms with E-state index in [1.54, 1.807) is 0 Å². The number of rotatable bonds is 6. The van der Waals surface area contributed by atoms with Gasteiger partial charge in [0.25, 0.3) is 5.91 Å². The highest BCUT2D eigenvalue weighted by Crippen LogP contribution is 2.22. The standard InChI is InChI=1S/C17H25N3O4S/c1-17(2,3)18-15(21)11-20(4)16(22)12-6-5-7-14(10-12)25(23,24)19-13-8-9-13/h5-7,10,13,19H,8-9,11H2,1-4H3,(H,18,21). The van der Waals surface area contributed by atoms with E-state index in [9.17, 15) is 18.0 Å². The van der Waals surface area contributed by atoms with Crippen molar-refractivity contribution in [3.8, 4) is 0 Å². The molecule has 2 amide bonds. The SMILES string of the molecule is CN(CC(=O)NC(C)(C)C)C(=O)c1cccc(S(=O)(=O)NC2CC2)c1. The molecule has 1 aliphatic carbocycles. The first kappa shape index (κ1) is 19.4. The summed E-state index contributed by atoms with van der Waals surface area (Å²) in [6, 6.07) is 5.85. The van der Waals surface area contributed by atoms with Crippen LogP contribution in [0, 0.1) is 0 Å². The highest BCUT2D eigenvalue weighted by atomic mass is 32.2. The Hall–Kier alpha value is -1.93. The molecule has 0 bridgehead atoms. The highest BCUT2D eigenvalue weighted by Gasteiger charge is 2.28. The maximum absolute atomic E-state index is 12.5. The third-order valence-corrected chi connectivity index (χ3v) is 5.05. The van der Waals surface area contributed by atoms with Crippen LogP contribution in [0.1, 0.15) is 44.0 Å². The molecular weight excluding hydrogens is 342 g/mol. The third-order valence-electron chi connectivity index (χ3n) is 3.53. The molecule has 1 saturated carbocycles. The van der Waals surface area contributed by atoms with Gasteiger partial charge in [-0.15, -0.1) is 0 Å². The van der Waals surface area contributed by atoms with Gasteiger partial charge < -0.3 is 10.2 Å². The lowest BCUT2D eigenvalue weighted by Crippen LogP contribution is -2.46. The lowest BCUT2D eigenvalue weighted by Gasteiger charge is -2.23. The minimum absolute atomic E-state index is 0.00637. The Bertz CT molecular complexity index is 764. The van der Waals surface area contributed by atoms with Gasteiger partial charge in [0, 0.05) is 24.2 Å². The van der Waals surface area contributed by atoms with Crippen LogP contribution in [0.4, 0.5) is 0 Å². The molecule has 2 rings (SSSR count). The van der Waals surface area contributed by atoms with Gasteiger partial charge in [0.2, 0.25) is 15.9 Å². The van der Waals surface area contributed by atoms with Gasteiger partial charge in [0.1, 0.15) is 0 Å². The topological polar surface area (TPSA) is 95.6 Å². The van der Waals surface area contributed by atoms with Gasteiger partial charge in [-0.05, 0) is 51.8 Å². The monoisotopic (exact) mass is 367 g/mol. The fraction of sp³-hybridized carbons (Fsp3) is 0.529. The molecule has 8 heteroatoms. The van der Waals surface area contributed by atoms with Crippen LogP contribution >= 0.6 is 0 Å². The lowest BCUT2D eigenvalue weighted by molar-refractivity contribution is -0.122. The van der Waals surface area contributed by atoms with Crippen LogP contribution in [-0.2, 0) is 14.8 Å². The van der Waals surface area contributed by atoms with Gasteiger partial charge in [-0.3, -0.25) is 9.59 Å². The maximum atomic E-state index is 12.5.